The van der Waals surface area contributed by atoms with Gasteiger partial charge in [0.25, 0.3) is 0 Å². The molecule has 0 saturated carbocycles. The molecule has 2 heterocycles. The Labute approximate surface area is 153 Å². The standard InChI is InChI=1S/C20H21N3OS/c25-20(21-19-9-3-6-16-5-1-2-8-18(16)19)23-12-10-22(11-13-23)15-17-7-4-14-24-17/h1-9,14H,10-13,15H2,(H,21,25). The van der Waals surface area contributed by atoms with Crippen molar-refractivity contribution in [2.75, 3.05) is 31.5 Å². The van der Waals surface area contributed by atoms with Gasteiger partial charge >= 0.3 is 0 Å². The highest BCUT2D eigenvalue weighted by Crippen LogP contribution is 2.23. The minimum Gasteiger partial charge on any atom is -0.468 e. The molecule has 5 heteroatoms. The van der Waals surface area contributed by atoms with Crippen LogP contribution < -0.4 is 5.32 Å². The lowest BCUT2D eigenvalue weighted by molar-refractivity contribution is 0.166. The van der Waals surface area contributed by atoms with E-state index in [1.54, 1.807) is 6.26 Å². The fourth-order valence-electron chi connectivity index (χ4n) is 3.26. The van der Waals surface area contributed by atoms with Crippen LogP contribution in [-0.4, -0.2) is 41.1 Å². The number of anilines is 1. The lowest BCUT2D eigenvalue weighted by atomic mass is 10.1. The molecule has 25 heavy (non-hydrogen) atoms. The second kappa shape index (κ2) is 7.25. The van der Waals surface area contributed by atoms with Gasteiger partial charge in [-0.25, -0.2) is 0 Å². The molecule has 0 unspecified atom stereocenters. The van der Waals surface area contributed by atoms with Crippen LogP contribution in [0, 0.1) is 0 Å². The molecule has 1 N–H and O–H groups in total. The number of nitrogens with one attached hydrogen (secondary N) is 1. The van der Waals surface area contributed by atoms with Gasteiger partial charge in [-0.3, -0.25) is 4.90 Å². The van der Waals surface area contributed by atoms with E-state index < -0.39 is 0 Å². The molecular weight excluding hydrogens is 330 g/mol. The quantitative estimate of drug-likeness (QED) is 0.722. The fourth-order valence-corrected chi connectivity index (χ4v) is 3.55. The molecule has 0 atom stereocenters. The van der Waals surface area contributed by atoms with Crippen molar-refractivity contribution < 1.29 is 4.42 Å². The fraction of sp³-hybridized carbons (Fsp3) is 0.250. The molecule has 1 saturated heterocycles. The predicted octanol–water partition coefficient (Wildman–Crippen LogP) is 3.95. The lowest BCUT2D eigenvalue weighted by Crippen LogP contribution is -2.49. The lowest BCUT2D eigenvalue weighted by Gasteiger charge is -2.35. The van der Waals surface area contributed by atoms with E-state index >= 15 is 0 Å². The van der Waals surface area contributed by atoms with Gasteiger partial charge in [-0.1, -0.05) is 36.4 Å². The van der Waals surface area contributed by atoms with Crippen LogP contribution in [-0.2, 0) is 6.54 Å². The number of thiocarbonyl (C=S) groups is 1. The molecule has 1 aliphatic rings. The SMILES string of the molecule is S=C(Nc1cccc2ccccc12)N1CCN(Cc2ccco2)CC1. The number of nitrogens with zero attached hydrogens (tertiary/aromatic N) is 2. The van der Waals surface area contributed by atoms with Gasteiger partial charge in [0, 0.05) is 37.3 Å². The zero-order valence-electron chi connectivity index (χ0n) is 14.0. The highest BCUT2D eigenvalue weighted by atomic mass is 32.1. The van der Waals surface area contributed by atoms with E-state index in [0.717, 1.165) is 49.3 Å². The zero-order chi connectivity index (χ0) is 17.1. The van der Waals surface area contributed by atoms with Crippen molar-refractivity contribution in [3.8, 4) is 0 Å². The Morgan fingerprint density at radius 3 is 2.56 bits per heavy atom. The predicted molar refractivity (Wildman–Crippen MR) is 106 cm³/mol. The average Bonchev–Trinajstić information content (AvgIpc) is 3.16. The number of piperazine rings is 1. The largest absolute Gasteiger partial charge is 0.468 e. The van der Waals surface area contributed by atoms with Gasteiger partial charge in [0.05, 0.1) is 12.8 Å². The van der Waals surface area contributed by atoms with Crippen LogP contribution in [0.5, 0.6) is 0 Å². The minimum absolute atomic E-state index is 0.800. The average molecular weight is 351 g/mol. The number of benzene rings is 2. The molecule has 4 rings (SSSR count). The van der Waals surface area contributed by atoms with E-state index in [-0.39, 0.29) is 0 Å². The summed E-state index contributed by atoms with van der Waals surface area (Å²) in [4.78, 5) is 4.64. The summed E-state index contributed by atoms with van der Waals surface area (Å²) in [6.07, 6.45) is 1.73. The highest BCUT2D eigenvalue weighted by Gasteiger charge is 2.20. The summed E-state index contributed by atoms with van der Waals surface area (Å²) in [5.41, 5.74) is 1.07. The van der Waals surface area contributed by atoms with Crippen LogP contribution in [0.4, 0.5) is 5.69 Å². The van der Waals surface area contributed by atoms with E-state index in [4.69, 9.17) is 16.6 Å². The summed E-state index contributed by atoms with van der Waals surface area (Å²) in [6, 6.07) is 18.6. The smallest absolute Gasteiger partial charge is 0.173 e. The Hall–Kier alpha value is -2.37. The molecule has 3 aromatic rings. The molecular formula is C20H21N3OS. The van der Waals surface area contributed by atoms with Crippen molar-refractivity contribution in [2.45, 2.75) is 6.54 Å². The summed E-state index contributed by atoms with van der Waals surface area (Å²) in [7, 11) is 0. The molecule has 0 amide bonds. The third kappa shape index (κ3) is 3.67. The summed E-state index contributed by atoms with van der Waals surface area (Å²) in [5.74, 6) is 1.02. The number of hydrogen-bond acceptors (Lipinski definition) is 3. The van der Waals surface area contributed by atoms with Crippen LogP contribution in [0.2, 0.25) is 0 Å². The maximum absolute atomic E-state index is 5.65. The Balaban J connectivity index is 1.37. The topological polar surface area (TPSA) is 31.6 Å². The summed E-state index contributed by atoms with van der Waals surface area (Å²) in [5, 5.41) is 6.65. The third-order valence-electron chi connectivity index (χ3n) is 4.65. The van der Waals surface area contributed by atoms with Gasteiger partial charge in [-0.2, -0.15) is 0 Å². The molecule has 2 aromatic carbocycles. The summed E-state index contributed by atoms with van der Waals surface area (Å²) >= 11 is 5.65. The third-order valence-corrected chi connectivity index (χ3v) is 5.01. The molecule has 128 valence electrons. The number of hydrogen-bond donors (Lipinski definition) is 1. The van der Waals surface area contributed by atoms with Crippen molar-refractivity contribution in [3.05, 3.63) is 66.6 Å². The van der Waals surface area contributed by atoms with E-state index in [9.17, 15) is 0 Å². The molecule has 1 aliphatic heterocycles. The maximum atomic E-state index is 5.65. The first-order valence-corrected chi connectivity index (χ1v) is 8.99. The van der Waals surface area contributed by atoms with Gasteiger partial charge in [0.2, 0.25) is 0 Å². The molecule has 1 aromatic heterocycles. The Morgan fingerprint density at radius 2 is 1.76 bits per heavy atom. The van der Waals surface area contributed by atoms with E-state index in [0.29, 0.717) is 0 Å². The van der Waals surface area contributed by atoms with Crippen molar-refractivity contribution in [1.29, 1.82) is 0 Å². The minimum atomic E-state index is 0.800. The number of rotatable bonds is 3. The van der Waals surface area contributed by atoms with Crippen LogP contribution in [0.3, 0.4) is 0 Å². The van der Waals surface area contributed by atoms with E-state index in [2.05, 4.69) is 57.6 Å². The molecule has 0 spiro atoms. The van der Waals surface area contributed by atoms with Crippen LogP contribution in [0.15, 0.2) is 65.3 Å². The molecule has 1 fully saturated rings. The highest BCUT2D eigenvalue weighted by molar-refractivity contribution is 7.80. The van der Waals surface area contributed by atoms with Gasteiger partial charge in [0.15, 0.2) is 5.11 Å². The first-order valence-electron chi connectivity index (χ1n) is 8.58. The number of fused-ring (bicyclic) bond motifs is 1. The Kier molecular flexibility index (Phi) is 4.68. The molecule has 0 aliphatic carbocycles. The van der Waals surface area contributed by atoms with Gasteiger partial charge < -0.3 is 14.6 Å². The molecule has 4 nitrogen and oxygen atoms in total. The summed E-state index contributed by atoms with van der Waals surface area (Å²) < 4.78 is 5.44. The molecule has 0 bridgehead atoms. The van der Waals surface area contributed by atoms with Crippen molar-refractivity contribution in [1.82, 2.24) is 9.80 Å². The van der Waals surface area contributed by atoms with Crippen LogP contribution in [0.1, 0.15) is 5.76 Å². The van der Waals surface area contributed by atoms with Crippen molar-refractivity contribution in [3.63, 3.8) is 0 Å². The van der Waals surface area contributed by atoms with Gasteiger partial charge in [-0.15, -0.1) is 0 Å². The van der Waals surface area contributed by atoms with E-state index in [1.165, 1.54) is 10.8 Å². The Bertz CT molecular complexity index is 849. The second-order valence-electron chi connectivity index (χ2n) is 6.30. The monoisotopic (exact) mass is 351 g/mol. The first-order chi connectivity index (χ1) is 12.3. The maximum Gasteiger partial charge on any atom is 0.173 e. The van der Waals surface area contributed by atoms with Gasteiger partial charge in [0.1, 0.15) is 5.76 Å². The Morgan fingerprint density at radius 1 is 0.960 bits per heavy atom. The number of furan rings is 1. The molecule has 0 radical (unpaired) electrons. The van der Waals surface area contributed by atoms with Crippen molar-refractivity contribution >= 4 is 33.8 Å². The summed E-state index contributed by atoms with van der Waals surface area (Å²) in [6.45, 7) is 4.69. The van der Waals surface area contributed by atoms with Crippen LogP contribution in [0.25, 0.3) is 10.8 Å². The second-order valence-corrected chi connectivity index (χ2v) is 6.69. The van der Waals surface area contributed by atoms with E-state index in [1.807, 2.05) is 12.1 Å². The zero-order valence-corrected chi connectivity index (χ0v) is 14.8. The first kappa shape index (κ1) is 16.1. The normalized spacial score (nSPS) is 15.4. The van der Waals surface area contributed by atoms with Crippen LogP contribution >= 0.6 is 12.2 Å². The van der Waals surface area contributed by atoms with Gasteiger partial charge in [-0.05, 0) is 35.8 Å². The van der Waals surface area contributed by atoms with Crippen molar-refractivity contribution in [2.24, 2.45) is 0 Å².